The van der Waals surface area contributed by atoms with E-state index >= 15 is 0 Å². The third kappa shape index (κ3) is 20.9. The Hall–Kier alpha value is 0.636. The SMILES string of the molecule is O=C(O)CC(O)(CC(=O)O)C(=O)O.O=P([O-])([O-])[O-].[Fe+3].[H-].[K+]. The van der Waals surface area contributed by atoms with Gasteiger partial charge in [-0.05, 0) is 0 Å². The number of hydrogen-bond acceptors (Lipinski definition) is 8. The van der Waals surface area contributed by atoms with Crippen LogP contribution < -0.4 is 66.1 Å². The molecule has 0 aromatic rings. The normalized spacial score (nSPS) is 10.0. The summed E-state index contributed by atoms with van der Waals surface area (Å²) in [5.74, 6) is -5.02. The summed E-state index contributed by atoms with van der Waals surface area (Å²) in [6, 6.07) is 0. The average Bonchev–Trinajstić information content (AvgIpc) is 1.95. The average molecular weight is 383 g/mol. The standard InChI is InChI=1S/C6H8O7.Fe.K.H3O4P.H/c7-3(8)1-6(13,5(11)12)2-4(9)10;;;1-5(2,3)4;/h13H,1-2H2,(H,7,8)(H,9,10)(H,11,12);;;(H3,1,2,3,4);/q;+3;+1;;-1/p-3. The second kappa shape index (κ2) is 12.2. The Bertz CT molecular complexity index is 361. The van der Waals surface area contributed by atoms with E-state index in [9.17, 15) is 14.4 Å². The van der Waals surface area contributed by atoms with Gasteiger partial charge in [-0.25, -0.2) is 4.79 Å². The number of rotatable bonds is 5. The zero-order chi connectivity index (χ0) is 15.1. The fraction of sp³-hybridized carbons (Fsp3) is 0.500. The Morgan fingerprint density at radius 2 is 1.20 bits per heavy atom. The third-order valence-electron chi connectivity index (χ3n) is 1.29. The van der Waals surface area contributed by atoms with Gasteiger partial charge in [0, 0.05) is 0 Å². The molecule has 0 aliphatic carbocycles. The molecule has 0 aromatic carbocycles. The molecular weight excluding hydrogens is 374 g/mol. The summed E-state index contributed by atoms with van der Waals surface area (Å²) in [6.45, 7) is 0. The zero-order valence-corrected chi connectivity index (χ0v) is 15.0. The van der Waals surface area contributed by atoms with E-state index in [1.165, 1.54) is 0 Å². The maximum Gasteiger partial charge on any atom is 3.00 e. The van der Waals surface area contributed by atoms with Crippen LogP contribution in [0.3, 0.4) is 0 Å². The molecule has 113 valence electrons. The molecule has 0 aliphatic rings. The van der Waals surface area contributed by atoms with E-state index in [1.54, 1.807) is 0 Å². The molecule has 0 aliphatic heterocycles. The van der Waals surface area contributed by atoms with Crippen LogP contribution in [0.15, 0.2) is 0 Å². The second-order valence-corrected chi connectivity index (χ2v) is 3.82. The van der Waals surface area contributed by atoms with Crippen LogP contribution in [-0.4, -0.2) is 43.9 Å². The first-order chi connectivity index (χ1) is 7.78. The predicted molar refractivity (Wildman–Crippen MR) is 45.8 cm³/mol. The Balaban J connectivity index is -0.0000000933. The first-order valence-corrected chi connectivity index (χ1v) is 5.36. The van der Waals surface area contributed by atoms with E-state index in [4.69, 9.17) is 39.7 Å². The van der Waals surface area contributed by atoms with Crippen LogP contribution in [-0.2, 0) is 36.0 Å². The van der Waals surface area contributed by atoms with Crippen LogP contribution in [0.4, 0.5) is 0 Å². The van der Waals surface area contributed by atoms with Gasteiger partial charge in [0.05, 0.1) is 12.8 Å². The van der Waals surface area contributed by atoms with Crippen molar-refractivity contribution >= 4 is 25.7 Å². The summed E-state index contributed by atoms with van der Waals surface area (Å²) in [5, 5.41) is 33.8. The van der Waals surface area contributed by atoms with Crippen molar-refractivity contribution in [1.82, 2.24) is 0 Å². The van der Waals surface area contributed by atoms with Crippen molar-refractivity contribution in [2.45, 2.75) is 18.4 Å². The van der Waals surface area contributed by atoms with Gasteiger partial charge in [0.2, 0.25) is 0 Å². The van der Waals surface area contributed by atoms with Gasteiger partial charge >= 0.3 is 86.4 Å². The Morgan fingerprint density at radius 3 is 1.30 bits per heavy atom. The van der Waals surface area contributed by atoms with Crippen LogP contribution in [0.5, 0.6) is 0 Å². The van der Waals surface area contributed by atoms with Crippen LogP contribution >= 0.6 is 7.82 Å². The smallest absolute Gasteiger partial charge is 1.00 e. The van der Waals surface area contributed by atoms with E-state index in [1.807, 2.05) is 0 Å². The predicted octanol–water partition coefficient (Wildman–Crippen LogP) is -6.96. The zero-order valence-electron chi connectivity index (χ0n) is 10.9. The molecule has 14 heteroatoms. The second-order valence-electron chi connectivity index (χ2n) is 2.92. The molecule has 0 unspecified atom stereocenters. The summed E-state index contributed by atoms with van der Waals surface area (Å²) < 4.78 is 8.55. The molecule has 0 rings (SSSR count). The summed E-state index contributed by atoms with van der Waals surface area (Å²) in [5.41, 5.74) is -2.74. The van der Waals surface area contributed by atoms with Gasteiger partial charge in [-0.1, -0.05) is 0 Å². The van der Waals surface area contributed by atoms with Gasteiger partial charge in [-0.2, -0.15) is 7.82 Å². The largest absolute Gasteiger partial charge is 3.00 e. The molecule has 4 N–H and O–H groups in total. The fourth-order valence-corrected chi connectivity index (χ4v) is 0.714. The first kappa shape index (κ1) is 28.7. The minimum atomic E-state index is -5.39. The van der Waals surface area contributed by atoms with Gasteiger partial charge in [-0.3, -0.25) is 9.59 Å². The molecule has 1 radical (unpaired) electrons. The van der Waals surface area contributed by atoms with Gasteiger partial charge in [0.25, 0.3) is 0 Å². The maximum atomic E-state index is 10.3. The summed E-state index contributed by atoms with van der Waals surface area (Å²) in [6.07, 6.45) is -2.29. The number of hydrogen-bond donors (Lipinski definition) is 4. The van der Waals surface area contributed by atoms with Crippen LogP contribution in [0.2, 0.25) is 0 Å². The van der Waals surface area contributed by atoms with E-state index in [0.29, 0.717) is 0 Å². The van der Waals surface area contributed by atoms with Crippen molar-refractivity contribution in [3.05, 3.63) is 0 Å². The van der Waals surface area contributed by atoms with Crippen LogP contribution in [0, 0.1) is 0 Å². The molecule has 0 bridgehead atoms. The quantitative estimate of drug-likeness (QED) is 0.258. The van der Waals surface area contributed by atoms with Crippen molar-refractivity contribution in [3.8, 4) is 0 Å². The number of carbonyl (C=O) groups is 3. The molecule has 0 fully saturated rings. The summed E-state index contributed by atoms with van der Waals surface area (Å²) in [7, 11) is -5.39. The molecule has 0 saturated heterocycles. The van der Waals surface area contributed by atoms with Crippen molar-refractivity contribution in [3.63, 3.8) is 0 Å². The minimum absolute atomic E-state index is 0. The Labute approximate surface area is 166 Å². The Morgan fingerprint density at radius 1 is 1.00 bits per heavy atom. The van der Waals surface area contributed by atoms with E-state index in [0.717, 1.165) is 0 Å². The summed E-state index contributed by atoms with van der Waals surface area (Å²) >= 11 is 0. The van der Waals surface area contributed by atoms with E-state index in [-0.39, 0.29) is 69.9 Å². The van der Waals surface area contributed by atoms with Gasteiger partial charge < -0.3 is 41.1 Å². The number of carboxylic acid groups (broad SMARTS) is 3. The molecule has 0 heterocycles. The first-order valence-electron chi connectivity index (χ1n) is 3.90. The van der Waals surface area contributed by atoms with Crippen LogP contribution in [0.25, 0.3) is 0 Å². The van der Waals surface area contributed by atoms with E-state index in [2.05, 4.69) is 0 Å². The van der Waals surface area contributed by atoms with Crippen molar-refractivity contribution in [2.75, 3.05) is 0 Å². The molecular formula is C6H9FeKO11P. The maximum absolute atomic E-state index is 10.3. The van der Waals surface area contributed by atoms with Gasteiger partial charge in [-0.15, -0.1) is 0 Å². The topological polar surface area (TPSA) is 218 Å². The van der Waals surface area contributed by atoms with Gasteiger partial charge in [0.15, 0.2) is 5.60 Å². The number of aliphatic carboxylic acids is 3. The minimum Gasteiger partial charge on any atom is -1.00 e. The fourth-order valence-electron chi connectivity index (χ4n) is 0.714. The van der Waals surface area contributed by atoms with Crippen molar-refractivity contribution < 1.29 is 124 Å². The molecule has 0 saturated carbocycles. The monoisotopic (exact) mass is 383 g/mol. The number of aliphatic hydroxyl groups is 1. The van der Waals surface area contributed by atoms with Gasteiger partial charge in [0.1, 0.15) is 0 Å². The molecule has 0 aromatic heterocycles. The molecule has 11 nitrogen and oxygen atoms in total. The summed E-state index contributed by atoms with van der Waals surface area (Å²) in [4.78, 5) is 56.1. The number of carboxylic acids is 3. The molecule has 0 amide bonds. The third-order valence-corrected chi connectivity index (χ3v) is 1.29. The van der Waals surface area contributed by atoms with Crippen molar-refractivity contribution in [1.29, 1.82) is 0 Å². The van der Waals surface area contributed by atoms with E-state index < -0.39 is 44.2 Å². The number of phosphoric acid groups is 1. The van der Waals surface area contributed by atoms with Crippen molar-refractivity contribution in [2.24, 2.45) is 0 Å². The Kier molecular flexibility index (Phi) is 17.5. The van der Waals surface area contributed by atoms with Crippen LogP contribution in [0.1, 0.15) is 14.3 Å². The molecule has 0 spiro atoms. The molecule has 20 heavy (non-hydrogen) atoms. The molecule has 0 atom stereocenters.